The fourth-order valence-electron chi connectivity index (χ4n) is 0.231. The van der Waals surface area contributed by atoms with E-state index in [4.69, 9.17) is 0 Å². The van der Waals surface area contributed by atoms with E-state index >= 15 is 0 Å². The Hall–Kier alpha value is -1.03. The number of ether oxygens (including phenoxy) is 2. The minimum atomic E-state index is -1.39. The molecule has 0 aliphatic heterocycles. The van der Waals surface area contributed by atoms with E-state index in [1.807, 2.05) is 0 Å². The van der Waals surface area contributed by atoms with Gasteiger partial charge in [-0.1, -0.05) is 13.2 Å². The average Bonchev–Trinajstić information content (AvgIpc) is 1.88. The van der Waals surface area contributed by atoms with Crippen LogP contribution in [0, 0.1) is 0 Å². The highest BCUT2D eigenvalue weighted by Gasteiger charge is 2.05. The van der Waals surface area contributed by atoms with Crippen LogP contribution in [0.3, 0.4) is 0 Å². The van der Waals surface area contributed by atoms with Crippen molar-refractivity contribution in [3.8, 4) is 0 Å². The summed E-state index contributed by atoms with van der Waals surface area (Å²) in [5.74, 6) is 0. The number of halogens is 1. The van der Waals surface area contributed by atoms with Gasteiger partial charge in [-0.25, -0.2) is 0 Å². The van der Waals surface area contributed by atoms with Gasteiger partial charge >= 0.3 is 6.48 Å². The first-order valence-electron chi connectivity index (χ1n) is 2.15. The Bertz CT molecular complexity index is 84.2. The fourth-order valence-corrected chi connectivity index (χ4v) is 0.231. The maximum Gasteiger partial charge on any atom is 0.391 e. The zero-order valence-corrected chi connectivity index (χ0v) is 4.75. The molecule has 0 saturated heterocycles. The van der Waals surface area contributed by atoms with Crippen molar-refractivity contribution in [2.24, 2.45) is 0 Å². The molecule has 3 nitrogen and oxygen atoms in total. The lowest BCUT2D eigenvalue weighted by molar-refractivity contribution is -0.343. The Labute approximate surface area is 52.2 Å². The minimum absolute atomic E-state index is 0.994. The summed E-state index contributed by atoms with van der Waals surface area (Å²) in [6, 6.07) is 0. The number of hydrogen-bond acceptors (Lipinski definition) is 3. The normalized spacial score (nSPS) is 8.67. The molecule has 0 aromatic carbocycles. The van der Waals surface area contributed by atoms with Crippen LogP contribution in [0.4, 0.5) is 4.53 Å². The van der Waals surface area contributed by atoms with Crippen LogP contribution in [0.1, 0.15) is 0 Å². The summed E-state index contributed by atoms with van der Waals surface area (Å²) in [7, 11) is 0. The van der Waals surface area contributed by atoms with Gasteiger partial charge in [-0.15, -0.1) is 4.94 Å². The molecule has 0 aliphatic rings. The van der Waals surface area contributed by atoms with Crippen molar-refractivity contribution in [2.75, 3.05) is 0 Å². The molecule has 0 bridgehead atoms. The molecule has 4 heteroatoms. The molecule has 0 rings (SSSR count). The second-order valence-corrected chi connectivity index (χ2v) is 0.983. The van der Waals surface area contributed by atoms with Crippen molar-refractivity contribution < 1.29 is 18.9 Å². The summed E-state index contributed by atoms with van der Waals surface area (Å²) in [5.41, 5.74) is 0. The van der Waals surface area contributed by atoms with Crippen molar-refractivity contribution >= 4 is 0 Å². The van der Waals surface area contributed by atoms with Crippen molar-refractivity contribution in [2.45, 2.75) is 6.48 Å². The highest BCUT2D eigenvalue weighted by molar-refractivity contribution is 4.51. The van der Waals surface area contributed by atoms with Gasteiger partial charge in [-0.05, 0) is 4.53 Å². The number of hydrogen-bond donors (Lipinski definition) is 0. The highest BCUT2D eigenvalue weighted by Crippen LogP contribution is 1.97. The summed E-state index contributed by atoms with van der Waals surface area (Å²) in [4.78, 5) is 3.14. The molecular formula is C5H7FO3. The Morgan fingerprint density at radius 2 is 1.67 bits per heavy atom. The van der Waals surface area contributed by atoms with Crippen molar-refractivity contribution in [1.29, 1.82) is 0 Å². The van der Waals surface area contributed by atoms with Crippen LogP contribution in [-0.4, -0.2) is 6.48 Å². The maximum atomic E-state index is 11.2. The number of rotatable bonds is 5. The first-order valence-corrected chi connectivity index (χ1v) is 2.15. The Morgan fingerprint density at radius 3 is 1.89 bits per heavy atom. The van der Waals surface area contributed by atoms with E-state index in [-0.39, 0.29) is 0 Å². The van der Waals surface area contributed by atoms with E-state index in [9.17, 15) is 4.53 Å². The second-order valence-electron chi connectivity index (χ2n) is 0.983. The summed E-state index contributed by atoms with van der Waals surface area (Å²) in [5, 5.41) is 0. The SMILES string of the molecule is C=COC(OF)OC=C. The molecule has 9 heavy (non-hydrogen) atoms. The molecule has 0 N–H and O–H groups in total. The second kappa shape index (κ2) is 5.11. The highest BCUT2D eigenvalue weighted by atomic mass is 19.3. The van der Waals surface area contributed by atoms with Gasteiger partial charge in [0.05, 0.1) is 12.5 Å². The molecule has 0 aromatic heterocycles. The van der Waals surface area contributed by atoms with Crippen LogP contribution in [0.25, 0.3) is 0 Å². The molecule has 0 amide bonds. The van der Waals surface area contributed by atoms with Crippen LogP contribution >= 0.6 is 0 Å². The Kier molecular flexibility index (Phi) is 4.53. The summed E-state index contributed by atoms with van der Waals surface area (Å²) < 4.78 is 19.8. The van der Waals surface area contributed by atoms with E-state index in [1.165, 1.54) is 0 Å². The Morgan fingerprint density at radius 1 is 1.22 bits per heavy atom. The lowest BCUT2D eigenvalue weighted by atomic mass is 11.1. The van der Waals surface area contributed by atoms with E-state index in [1.54, 1.807) is 0 Å². The Balaban J connectivity index is 3.39. The van der Waals surface area contributed by atoms with Crippen LogP contribution in [0.15, 0.2) is 25.7 Å². The smallest absolute Gasteiger partial charge is 0.391 e. The third-order valence-corrected chi connectivity index (χ3v) is 0.487. The minimum Gasteiger partial charge on any atom is -0.439 e. The predicted molar refractivity (Wildman–Crippen MR) is 28.5 cm³/mol. The quantitative estimate of drug-likeness (QED) is 0.421. The maximum absolute atomic E-state index is 11.2. The van der Waals surface area contributed by atoms with E-state index in [0.29, 0.717) is 0 Å². The first-order chi connectivity index (χ1) is 4.35. The third-order valence-electron chi connectivity index (χ3n) is 0.487. The van der Waals surface area contributed by atoms with Crippen LogP contribution in [0.5, 0.6) is 0 Å². The molecular weight excluding hydrogens is 127 g/mol. The van der Waals surface area contributed by atoms with Gasteiger partial charge in [-0.3, -0.25) is 0 Å². The van der Waals surface area contributed by atoms with Gasteiger partial charge in [0.2, 0.25) is 0 Å². The standard InChI is InChI=1S/C5H7FO3/c1-3-7-5(9-6)8-4-2/h3-5H,1-2H2. The largest absolute Gasteiger partial charge is 0.439 e. The monoisotopic (exact) mass is 134 g/mol. The molecule has 0 radical (unpaired) electrons. The van der Waals surface area contributed by atoms with Crippen molar-refractivity contribution in [3.63, 3.8) is 0 Å². The van der Waals surface area contributed by atoms with Gasteiger partial charge in [0, 0.05) is 0 Å². The molecule has 0 unspecified atom stereocenters. The molecule has 0 heterocycles. The molecule has 0 fully saturated rings. The first kappa shape index (κ1) is 7.97. The van der Waals surface area contributed by atoms with Gasteiger partial charge < -0.3 is 9.47 Å². The zero-order valence-electron chi connectivity index (χ0n) is 4.75. The van der Waals surface area contributed by atoms with Crippen LogP contribution < -0.4 is 0 Å². The van der Waals surface area contributed by atoms with Gasteiger partial charge in [0.1, 0.15) is 0 Å². The molecule has 0 saturated carbocycles. The van der Waals surface area contributed by atoms with E-state index < -0.39 is 6.48 Å². The third kappa shape index (κ3) is 3.54. The zero-order chi connectivity index (χ0) is 7.11. The van der Waals surface area contributed by atoms with Gasteiger partial charge in [-0.2, -0.15) is 0 Å². The summed E-state index contributed by atoms with van der Waals surface area (Å²) >= 11 is 0. The van der Waals surface area contributed by atoms with Gasteiger partial charge in [0.25, 0.3) is 0 Å². The lowest BCUT2D eigenvalue weighted by Crippen LogP contribution is -2.11. The van der Waals surface area contributed by atoms with Gasteiger partial charge in [0.15, 0.2) is 0 Å². The topological polar surface area (TPSA) is 27.7 Å². The summed E-state index contributed by atoms with van der Waals surface area (Å²) in [6.45, 7) is 4.91. The van der Waals surface area contributed by atoms with Crippen LogP contribution in [0.2, 0.25) is 0 Å². The van der Waals surface area contributed by atoms with Crippen LogP contribution in [-0.2, 0) is 14.4 Å². The van der Waals surface area contributed by atoms with Crippen molar-refractivity contribution in [3.05, 3.63) is 25.7 Å². The summed E-state index contributed by atoms with van der Waals surface area (Å²) in [6.07, 6.45) is 1.99. The fraction of sp³-hybridized carbons (Fsp3) is 0.200. The van der Waals surface area contributed by atoms with E-state index in [2.05, 4.69) is 27.6 Å². The molecule has 52 valence electrons. The molecule has 0 spiro atoms. The molecule has 0 atom stereocenters. The average molecular weight is 134 g/mol. The molecule has 0 aromatic rings. The lowest BCUT2D eigenvalue weighted by Gasteiger charge is -2.08. The molecule has 0 aliphatic carbocycles. The van der Waals surface area contributed by atoms with E-state index in [0.717, 1.165) is 12.5 Å². The predicted octanol–water partition coefficient (Wildman–Crippen LogP) is 1.49. The van der Waals surface area contributed by atoms with Crippen molar-refractivity contribution in [1.82, 2.24) is 0 Å².